The summed E-state index contributed by atoms with van der Waals surface area (Å²) in [5.74, 6) is -0.0792. The van der Waals surface area contributed by atoms with E-state index in [4.69, 9.17) is 9.47 Å². The van der Waals surface area contributed by atoms with Gasteiger partial charge in [0, 0.05) is 19.1 Å². The van der Waals surface area contributed by atoms with Gasteiger partial charge in [0.2, 0.25) is 0 Å². The lowest BCUT2D eigenvalue weighted by atomic mass is 9.86. The van der Waals surface area contributed by atoms with E-state index in [9.17, 15) is 18.0 Å². The molecule has 1 saturated carbocycles. The minimum Gasteiger partial charge on any atom is -0.379 e. The Kier molecular flexibility index (Phi) is 6.13. The molecule has 1 aliphatic carbocycles. The van der Waals surface area contributed by atoms with Crippen LogP contribution < -0.4 is 10.6 Å². The molecule has 1 aliphatic heterocycles. The monoisotopic (exact) mass is 338 g/mol. The molecule has 2 amide bonds. The number of hydrogen-bond acceptors (Lipinski definition) is 3. The summed E-state index contributed by atoms with van der Waals surface area (Å²) in [6.07, 6.45) is -0.827. The molecule has 1 saturated heterocycles. The van der Waals surface area contributed by atoms with Crippen molar-refractivity contribution in [1.82, 2.24) is 10.6 Å². The van der Waals surface area contributed by atoms with Gasteiger partial charge in [-0.1, -0.05) is 12.8 Å². The fraction of sp³-hybridized carbons (Fsp3) is 0.933. The van der Waals surface area contributed by atoms with E-state index < -0.39 is 18.9 Å². The Bertz CT molecular complexity index is 398. The maximum Gasteiger partial charge on any atom is 0.411 e. The fourth-order valence-corrected chi connectivity index (χ4v) is 3.14. The zero-order chi connectivity index (χ0) is 16.9. The maximum absolute atomic E-state index is 12.3. The Morgan fingerprint density at radius 3 is 2.74 bits per heavy atom. The molecule has 2 aliphatic rings. The summed E-state index contributed by atoms with van der Waals surface area (Å²) in [6, 6.07) is -0.307. The molecule has 1 heterocycles. The Hall–Kier alpha value is -1.02. The number of nitrogens with one attached hydrogen (secondary N) is 2. The fourth-order valence-electron chi connectivity index (χ4n) is 3.14. The SMILES string of the molecule is C[C@]1(NC(=O)NC[C@@H]2CCCC[C@H]2OCC(F)(F)F)CCOC1. The Balaban J connectivity index is 1.76. The summed E-state index contributed by atoms with van der Waals surface area (Å²) in [5.41, 5.74) is -0.372. The largest absolute Gasteiger partial charge is 0.411 e. The molecular weight excluding hydrogens is 313 g/mol. The smallest absolute Gasteiger partial charge is 0.379 e. The third-order valence-electron chi connectivity index (χ3n) is 4.46. The molecule has 0 radical (unpaired) electrons. The quantitative estimate of drug-likeness (QED) is 0.810. The highest BCUT2D eigenvalue weighted by Crippen LogP contribution is 2.28. The minimum atomic E-state index is -4.32. The second-order valence-corrected chi connectivity index (χ2v) is 6.71. The van der Waals surface area contributed by atoms with Gasteiger partial charge in [-0.2, -0.15) is 13.2 Å². The summed E-state index contributed by atoms with van der Waals surface area (Å²) in [4.78, 5) is 12.0. The number of carbonyl (C=O) groups is 1. The number of alkyl halides is 3. The topological polar surface area (TPSA) is 59.6 Å². The van der Waals surface area contributed by atoms with Crippen molar-refractivity contribution in [2.24, 2.45) is 5.92 Å². The van der Waals surface area contributed by atoms with Gasteiger partial charge in [-0.3, -0.25) is 0 Å². The van der Waals surface area contributed by atoms with Crippen LogP contribution in [-0.4, -0.2) is 50.2 Å². The second kappa shape index (κ2) is 7.70. The first-order valence-corrected chi connectivity index (χ1v) is 8.10. The van der Waals surface area contributed by atoms with Crippen molar-refractivity contribution in [3.05, 3.63) is 0 Å². The van der Waals surface area contributed by atoms with Crippen molar-refractivity contribution in [3.63, 3.8) is 0 Å². The maximum atomic E-state index is 12.3. The second-order valence-electron chi connectivity index (χ2n) is 6.71. The molecule has 0 bridgehead atoms. The zero-order valence-corrected chi connectivity index (χ0v) is 13.4. The average Bonchev–Trinajstić information content (AvgIpc) is 2.89. The van der Waals surface area contributed by atoms with Crippen molar-refractivity contribution < 1.29 is 27.4 Å². The van der Waals surface area contributed by atoms with E-state index in [1.165, 1.54) is 0 Å². The molecular formula is C15H25F3N2O3. The van der Waals surface area contributed by atoms with Crippen molar-refractivity contribution >= 4 is 6.03 Å². The number of carbonyl (C=O) groups excluding carboxylic acids is 1. The van der Waals surface area contributed by atoms with Crippen LogP contribution in [0.25, 0.3) is 0 Å². The number of halogens is 3. The number of hydrogen-bond donors (Lipinski definition) is 2. The highest BCUT2D eigenvalue weighted by molar-refractivity contribution is 5.74. The van der Waals surface area contributed by atoms with Crippen molar-refractivity contribution in [3.8, 4) is 0 Å². The van der Waals surface area contributed by atoms with Gasteiger partial charge in [0.15, 0.2) is 0 Å². The van der Waals surface area contributed by atoms with Gasteiger partial charge in [-0.05, 0) is 26.2 Å². The van der Waals surface area contributed by atoms with Crippen LogP contribution in [0.1, 0.15) is 39.0 Å². The summed E-state index contributed by atoms with van der Waals surface area (Å²) in [7, 11) is 0. The molecule has 0 unspecified atom stereocenters. The molecule has 0 aromatic carbocycles. The highest BCUT2D eigenvalue weighted by atomic mass is 19.4. The zero-order valence-electron chi connectivity index (χ0n) is 13.4. The Morgan fingerprint density at radius 2 is 2.09 bits per heavy atom. The number of ether oxygens (including phenoxy) is 2. The number of urea groups is 1. The van der Waals surface area contributed by atoms with E-state index in [-0.39, 0.29) is 17.5 Å². The van der Waals surface area contributed by atoms with Gasteiger partial charge in [0.05, 0.1) is 18.2 Å². The van der Waals surface area contributed by atoms with Gasteiger partial charge >= 0.3 is 12.2 Å². The van der Waals surface area contributed by atoms with E-state index in [2.05, 4.69) is 10.6 Å². The van der Waals surface area contributed by atoms with Crippen LogP contribution in [0, 0.1) is 5.92 Å². The summed E-state index contributed by atoms with van der Waals surface area (Å²) < 4.78 is 47.2. The van der Waals surface area contributed by atoms with E-state index in [0.717, 1.165) is 25.7 Å². The van der Waals surface area contributed by atoms with Gasteiger partial charge in [0.1, 0.15) is 6.61 Å². The standard InChI is InChI=1S/C15H25F3N2O3/c1-14(6-7-22-9-14)20-13(21)19-8-11-4-2-3-5-12(11)23-10-15(16,17)18/h11-12H,2-10H2,1H3,(H2,19,20,21)/t11-,12+,14-/m0/s1. The van der Waals surface area contributed by atoms with Gasteiger partial charge in [-0.25, -0.2) is 4.79 Å². The molecule has 3 atom stereocenters. The molecule has 0 aromatic rings. The molecule has 2 rings (SSSR count). The van der Waals surface area contributed by atoms with Crippen LogP contribution in [0.15, 0.2) is 0 Å². The summed E-state index contributed by atoms with van der Waals surface area (Å²) in [5, 5.41) is 5.63. The summed E-state index contributed by atoms with van der Waals surface area (Å²) in [6.45, 7) is 2.10. The first-order chi connectivity index (χ1) is 10.8. The van der Waals surface area contributed by atoms with E-state index in [1.807, 2.05) is 6.92 Å². The first-order valence-electron chi connectivity index (χ1n) is 8.10. The molecule has 0 spiro atoms. The van der Waals surface area contributed by atoms with Crippen LogP contribution in [-0.2, 0) is 9.47 Å². The normalized spacial score (nSPS) is 31.8. The van der Waals surface area contributed by atoms with Crippen molar-refractivity contribution in [2.45, 2.75) is 56.8 Å². The molecule has 5 nitrogen and oxygen atoms in total. The van der Waals surface area contributed by atoms with Crippen LogP contribution >= 0.6 is 0 Å². The average molecular weight is 338 g/mol. The highest BCUT2D eigenvalue weighted by Gasteiger charge is 2.34. The lowest BCUT2D eigenvalue weighted by molar-refractivity contribution is -0.193. The molecule has 134 valence electrons. The molecule has 2 N–H and O–H groups in total. The number of rotatable bonds is 5. The minimum absolute atomic E-state index is 0.0792. The van der Waals surface area contributed by atoms with Crippen LogP contribution in [0.3, 0.4) is 0 Å². The Morgan fingerprint density at radius 1 is 1.35 bits per heavy atom. The van der Waals surface area contributed by atoms with Gasteiger partial charge in [0.25, 0.3) is 0 Å². The molecule has 0 aromatic heterocycles. The Labute approximate surface area is 134 Å². The predicted molar refractivity (Wildman–Crippen MR) is 78.1 cm³/mol. The lowest BCUT2D eigenvalue weighted by Gasteiger charge is -2.32. The van der Waals surface area contributed by atoms with E-state index in [1.54, 1.807) is 0 Å². The van der Waals surface area contributed by atoms with Crippen molar-refractivity contribution in [2.75, 3.05) is 26.4 Å². The number of amides is 2. The molecule has 2 fully saturated rings. The lowest BCUT2D eigenvalue weighted by Crippen LogP contribution is -2.52. The predicted octanol–water partition coefficient (Wildman–Crippen LogP) is 2.60. The van der Waals surface area contributed by atoms with Crippen molar-refractivity contribution in [1.29, 1.82) is 0 Å². The summed E-state index contributed by atoms with van der Waals surface area (Å²) >= 11 is 0. The molecule has 8 heteroatoms. The van der Waals surface area contributed by atoms with Gasteiger partial charge < -0.3 is 20.1 Å². The van der Waals surface area contributed by atoms with E-state index >= 15 is 0 Å². The van der Waals surface area contributed by atoms with Crippen LogP contribution in [0.5, 0.6) is 0 Å². The molecule has 23 heavy (non-hydrogen) atoms. The van der Waals surface area contributed by atoms with Crippen LogP contribution in [0.2, 0.25) is 0 Å². The van der Waals surface area contributed by atoms with Crippen LogP contribution in [0.4, 0.5) is 18.0 Å². The first kappa shape index (κ1) is 18.3. The third kappa shape index (κ3) is 6.18. The third-order valence-corrected chi connectivity index (χ3v) is 4.46. The van der Waals surface area contributed by atoms with E-state index in [0.29, 0.717) is 26.2 Å². The van der Waals surface area contributed by atoms with Gasteiger partial charge in [-0.15, -0.1) is 0 Å².